The quantitative estimate of drug-likeness (QED) is 0.752. The lowest BCUT2D eigenvalue weighted by molar-refractivity contribution is 0.303. The molecule has 1 aromatic carbocycles. The van der Waals surface area contributed by atoms with Gasteiger partial charge in [-0.25, -0.2) is 0 Å². The first-order chi connectivity index (χ1) is 9.19. The first-order valence-electron chi connectivity index (χ1n) is 7.69. The Kier molecular flexibility index (Phi) is 5.26. The van der Waals surface area contributed by atoms with E-state index >= 15 is 0 Å². The van der Waals surface area contributed by atoms with Gasteiger partial charge in [-0.1, -0.05) is 32.9 Å². The van der Waals surface area contributed by atoms with Crippen LogP contribution in [0.4, 0.5) is 0 Å². The zero-order valence-corrected chi connectivity index (χ0v) is 12.5. The Morgan fingerprint density at radius 3 is 2.42 bits per heavy atom. The lowest BCUT2D eigenvalue weighted by Gasteiger charge is -2.21. The van der Waals surface area contributed by atoms with Crippen LogP contribution in [0, 0.1) is 5.92 Å². The van der Waals surface area contributed by atoms with Gasteiger partial charge in [0.2, 0.25) is 0 Å². The smallest absolute Gasteiger partial charge is 0.119 e. The van der Waals surface area contributed by atoms with Crippen LogP contribution in [0.1, 0.15) is 58.1 Å². The summed E-state index contributed by atoms with van der Waals surface area (Å²) in [6.07, 6.45) is 5.28. The van der Waals surface area contributed by atoms with E-state index in [2.05, 4.69) is 50.4 Å². The molecule has 1 aliphatic carbocycles. The van der Waals surface area contributed by atoms with Gasteiger partial charge in [0.05, 0.1) is 6.10 Å². The molecule has 1 fully saturated rings. The molecule has 2 nitrogen and oxygen atoms in total. The maximum atomic E-state index is 5.80. The van der Waals surface area contributed by atoms with Gasteiger partial charge >= 0.3 is 0 Å². The van der Waals surface area contributed by atoms with Gasteiger partial charge in [0.25, 0.3) is 0 Å². The Hall–Kier alpha value is -1.02. The molecule has 1 aliphatic rings. The predicted octanol–water partition coefficient (Wildman–Crippen LogP) is 4.31. The molecule has 2 heteroatoms. The van der Waals surface area contributed by atoms with Crippen LogP contribution in [0.2, 0.25) is 0 Å². The standard InChI is InChI=1S/C17H27NO/c1-4-11-18-17(12-13(2)3)14-5-7-15(8-6-14)19-16-9-10-16/h5-8,13,16-18H,4,9-12H2,1-3H3. The molecular formula is C17H27NO. The third-order valence-corrected chi connectivity index (χ3v) is 3.46. The number of ether oxygens (including phenoxy) is 1. The highest BCUT2D eigenvalue weighted by Gasteiger charge is 2.23. The molecule has 19 heavy (non-hydrogen) atoms. The molecule has 0 radical (unpaired) electrons. The molecule has 2 rings (SSSR count). The Morgan fingerprint density at radius 1 is 1.21 bits per heavy atom. The molecule has 1 N–H and O–H groups in total. The zero-order chi connectivity index (χ0) is 13.7. The summed E-state index contributed by atoms with van der Waals surface area (Å²) in [6.45, 7) is 7.86. The van der Waals surface area contributed by atoms with E-state index in [0.717, 1.165) is 12.3 Å². The number of nitrogens with one attached hydrogen (secondary N) is 1. The number of hydrogen-bond donors (Lipinski definition) is 1. The summed E-state index contributed by atoms with van der Waals surface area (Å²) in [4.78, 5) is 0. The fraction of sp³-hybridized carbons (Fsp3) is 0.647. The predicted molar refractivity (Wildman–Crippen MR) is 80.6 cm³/mol. The summed E-state index contributed by atoms with van der Waals surface area (Å²) in [7, 11) is 0. The van der Waals surface area contributed by atoms with Crippen molar-refractivity contribution in [3.63, 3.8) is 0 Å². The Bertz CT molecular complexity index is 367. The Labute approximate surface area is 117 Å². The van der Waals surface area contributed by atoms with Gasteiger partial charge < -0.3 is 10.1 Å². The summed E-state index contributed by atoms with van der Waals surface area (Å²) in [5.41, 5.74) is 1.38. The largest absolute Gasteiger partial charge is 0.490 e. The molecule has 0 aliphatic heterocycles. The van der Waals surface area contributed by atoms with Crippen molar-refractivity contribution in [2.24, 2.45) is 5.92 Å². The van der Waals surface area contributed by atoms with Gasteiger partial charge in [-0.2, -0.15) is 0 Å². The summed E-state index contributed by atoms with van der Waals surface area (Å²) < 4.78 is 5.80. The second-order valence-electron chi connectivity index (χ2n) is 6.02. The van der Waals surface area contributed by atoms with Gasteiger partial charge in [0.15, 0.2) is 0 Å². The third kappa shape index (κ3) is 4.87. The fourth-order valence-electron chi connectivity index (χ4n) is 2.28. The summed E-state index contributed by atoms with van der Waals surface area (Å²) in [5.74, 6) is 1.72. The first-order valence-corrected chi connectivity index (χ1v) is 7.69. The van der Waals surface area contributed by atoms with Crippen molar-refractivity contribution in [2.75, 3.05) is 6.54 Å². The molecule has 1 aromatic rings. The molecule has 1 atom stereocenters. The van der Waals surface area contributed by atoms with E-state index in [4.69, 9.17) is 4.74 Å². The molecule has 0 bridgehead atoms. The Balaban J connectivity index is 1.97. The van der Waals surface area contributed by atoms with Crippen molar-refractivity contribution < 1.29 is 4.74 Å². The molecule has 0 amide bonds. The van der Waals surface area contributed by atoms with Crippen LogP contribution in [-0.4, -0.2) is 12.6 Å². The highest BCUT2D eigenvalue weighted by Crippen LogP contribution is 2.28. The van der Waals surface area contributed by atoms with E-state index in [1.54, 1.807) is 0 Å². The van der Waals surface area contributed by atoms with E-state index in [1.807, 2.05) is 0 Å². The highest BCUT2D eigenvalue weighted by molar-refractivity contribution is 5.29. The van der Waals surface area contributed by atoms with Crippen LogP contribution in [-0.2, 0) is 0 Å². The van der Waals surface area contributed by atoms with Crippen LogP contribution < -0.4 is 10.1 Å². The van der Waals surface area contributed by atoms with E-state index in [9.17, 15) is 0 Å². The van der Waals surface area contributed by atoms with Crippen molar-refractivity contribution >= 4 is 0 Å². The van der Waals surface area contributed by atoms with Crippen molar-refractivity contribution in [2.45, 2.75) is 58.6 Å². The van der Waals surface area contributed by atoms with Crippen LogP contribution in [0.15, 0.2) is 24.3 Å². The third-order valence-electron chi connectivity index (χ3n) is 3.46. The minimum Gasteiger partial charge on any atom is -0.490 e. The molecule has 1 unspecified atom stereocenters. The second kappa shape index (κ2) is 6.95. The number of rotatable bonds is 8. The molecule has 0 heterocycles. The van der Waals surface area contributed by atoms with Crippen LogP contribution in [0.5, 0.6) is 5.75 Å². The molecule has 1 saturated carbocycles. The lowest BCUT2D eigenvalue weighted by Crippen LogP contribution is -2.23. The lowest BCUT2D eigenvalue weighted by atomic mass is 9.97. The van der Waals surface area contributed by atoms with Crippen molar-refractivity contribution in [1.82, 2.24) is 5.32 Å². The number of hydrogen-bond acceptors (Lipinski definition) is 2. The maximum absolute atomic E-state index is 5.80. The van der Waals surface area contributed by atoms with Crippen molar-refractivity contribution in [3.05, 3.63) is 29.8 Å². The average molecular weight is 261 g/mol. The molecule has 0 spiro atoms. The average Bonchev–Trinajstić information content (AvgIpc) is 3.19. The van der Waals surface area contributed by atoms with E-state index in [0.29, 0.717) is 18.1 Å². The second-order valence-corrected chi connectivity index (χ2v) is 6.02. The minimum atomic E-state index is 0.468. The van der Waals surface area contributed by atoms with Crippen molar-refractivity contribution in [3.8, 4) is 5.75 Å². The topological polar surface area (TPSA) is 21.3 Å². The van der Waals surface area contributed by atoms with Crippen LogP contribution in [0.25, 0.3) is 0 Å². The van der Waals surface area contributed by atoms with Crippen LogP contribution in [0.3, 0.4) is 0 Å². The van der Waals surface area contributed by atoms with Gasteiger partial charge in [-0.05, 0) is 55.8 Å². The van der Waals surface area contributed by atoms with Gasteiger partial charge in [-0.15, -0.1) is 0 Å². The first kappa shape index (κ1) is 14.4. The van der Waals surface area contributed by atoms with E-state index < -0.39 is 0 Å². The SMILES string of the molecule is CCCNC(CC(C)C)c1ccc(OC2CC2)cc1. The number of benzene rings is 1. The van der Waals surface area contributed by atoms with E-state index in [-0.39, 0.29) is 0 Å². The fourth-order valence-corrected chi connectivity index (χ4v) is 2.28. The molecular weight excluding hydrogens is 234 g/mol. The Morgan fingerprint density at radius 2 is 1.89 bits per heavy atom. The molecule has 0 saturated heterocycles. The molecule has 0 aromatic heterocycles. The summed E-state index contributed by atoms with van der Waals surface area (Å²) in [5, 5.41) is 3.65. The minimum absolute atomic E-state index is 0.468. The normalized spacial score (nSPS) is 16.6. The van der Waals surface area contributed by atoms with Gasteiger partial charge in [0.1, 0.15) is 5.75 Å². The van der Waals surface area contributed by atoms with Gasteiger partial charge in [0, 0.05) is 6.04 Å². The summed E-state index contributed by atoms with van der Waals surface area (Å²) in [6, 6.07) is 9.14. The zero-order valence-electron chi connectivity index (χ0n) is 12.5. The van der Waals surface area contributed by atoms with Crippen molar-refractivity contribution in [1.29, 1.82) is 0 Å². The highest BCUT2D eigenvalue weighted by atomic mass is 16.5. The van der Waals surface area contributed by atoms with Gasteiger partial charge in [-0.3, -0.25) is 0 Å². The maximum Gasteiger partial charge on any atom is 0.119 e. The van der Waals surface area contributed by atoms with E-state index in [1.165, 1.54) is 31.2 Å². The molecule has 106 valence electrons. The van der Waals surface area contributed by atoms with Crippen LogP contribution >= 0.6 is 0 Å². The monoisotopic (exact) mass is 261 g/mol. The summed E-state index contributed by atoms with van der Waals surface area (Å²) >= 11 is 0.